The maximum atomic E-state index is 13.2. The summed E-state index contributed by atoms with van der Waals surface area (Å²) in [6.07, 6.45) is -0.661. The summed E-state index contributed by atoms with van der Waals surface area (Å²) in [7, 11) is 0. The summed E-state index contributed by atoms with van der Waals surface area (Å²) in [5.74, 6) is -1.23. The van der Waals surface area contributed by atoms with Crippen LogP contribution in [0.25, 0.3) is 11.3 Å². The number of halogens is 2. The molecule has 2 aromatic rings. The minimum Gasteiger partial charge on any atom is -0.444 e. The van der Waals surface area contributed by atoms with Crippen molar-refractivity contribution < 1.29 is 18.3 Å². The zero-order chi connectivity index (χ0) is 16.3. The summed E-state index contributed by atoms with van der Waals surface area (Å²) in [6.45, 7) is 5.21. The molecule has 1 aromatic heterocycles. The predicted molar refractivity (Wildman–Crippen MR) is 77.2 cm³/mol. The molecule has 0 fully saturated rings. The van der Waals surface area contributed by atoms with E-state index in [0.29, 0.717) is 0 Å². The molecule has 0 aliphatic rings. The van der Waals surface area contributed by atoms with E-state index in [1.807, 2.05) is 0 Å². The van der Waals surface area contributed by atoms with Gasteiger partial charge in [0.1, 0.15) is 17.2 Å². The molecule has 7 heteroatoms. The van der Waals surface area contributed by atoms with E-state index in [-0.39, 0.29) is 17.1 Å². The van der Waals surface area contributed by atoms with Crippen LogP contribution >= 0.6 is 0 Å². The third kappa shape index (κ3) is 4.47. The van der Waals surface area contributed by atoms with Crippen LogP contribution in [0.15, 0.2) is 30.3 Å². The summed E-state index contributed by atoms with van der Waals surface area (Å²) in [6, 6.07) is 6.03. The van der Waals surface area contributed by atoms with Crippen molar-refractivity contribution >= 4 is 11.9 Å². The van der Waals surface area contributed by atoms with Crippen LogP contribution in [0.3, 0.4) is 0 Å². The van der Waals surface area contributed by atoms with Crippen LogP contribution in [-0.2, 0) is 4.74 Å². The number of nitrogens with zero attached hydrogens (tertiary/aromatic N) is 2. The molecular formula is C15H15F2N3O2. The van der Waals surface area contributed by atoms with Crippen LogP contribution in [0.2, 0.25) is 0 Å². The van der Waals surface area contributed by atoms with Gasteiger partial charge in [-0.1, -0.05) is 0 Å². The van der Waals surface area contributed by atoms with E-state index >= 15 is 0 Å². The smallest absolute Gasteiger partial charge is 0.413 e. The van der Waals surface area contributed by atoms with Gasteiger partial charge in [0.15, 0.2) is 5.82 Å². The molecule has 5 nitrogen and oxygen atoms in total. The molecule has 1 heterocycles. The maximum Gasteiger partial charge on any atom is 0.413 e. The first kappa shape index (κ1) is 15.8. The Bertz CT molecular complexity index is 662. The quantitative estimate of drug-likeness (QED) is 0.917. The first-order valence-corrected chi connectivity index (χ1v) is 6.53. The van der Waals surface area contributed by atoms with Crippen molar-refractivity contribution in [2.45, 2.75) is 26.4 Å². The number of benzene rings is 1. The summed E-state index contributed by atoms with van der Waals surface area (Å²) >= 11 is 0. The first-order valence-electron chi connectivity index (χ1n) is 6.53. The van der Waals surface area contributed by atoms with Gasteiger partial charge in [-0.15, -0.1) is 10.2 Å². The fourth-order valence-electron chi connectivity index (χ4n) is 1.66. The molecular weight excluding hydrogens is 292 g/mol. The van der Waals surface area contributed by atoms with Gasteiger partial charge in [0, 0.05) is 11.6 Å². The Balaban J connectivity index is 2.12. The van der Waals surface area contributed by atoms with Crippen LogP contribution < -0.4 is 5.32 Å². The molecule has 1 aromatic carbocycles. The second-order valence-electron chi connectivity index (χ2n) is 5.59. The topological polar surface area (TPSA) is 64.1 Å². The molecule has 116 valence electrons. The second-order valence-corrected chi connectivity index (χ2v) is 5.59. The van der Waals surface area contributed by atoms with Crippen LogP contribution in [-0.4, -0.2) is 21.9 Å². The molecule has 0 aliphatic heterocycles. The Kier molecular flexibility index (Phi) is 4.35. The number of carbonyl (C=O) groups excluding carboxylic acids is 1. The number of nitrogens with one attached hydrogen (secondary N) is 1. The maximum absolute atomic E-state index is 13.2. The third-order valence-electron chi connectivity index (χ3n) is 2.45. The lowest BCUT2D eigenvalue weighted by Gasteiger charge is -2.19. The van der Waals surface area contributed by atoms with Gasteiger partial charge in [0.05, 0.1) is 5.69 Å². The number of aromatic nitrogens is 2. The Morgan fingerprint density at radius 3 is 2.23 bits per heavy atom. The van der Waals surface area contributed by atoms with Gasteiger partial charge in [-0.05, 0) is 45.0 Å². The molecule has 22 heavy (non-hydrogen) atoms. The van der Waals surface area contributed by atoms with Crippen LogP contribution in [0, 0.1) is 11.6 Å². The highest BCUT2D eigenvalue weighted by Gasteiger charge is 2.16. The summed E-state index contributed by atoms with van der Waals surface area (Å²) in [5, 5.41) is 10.0. The van der Waals surface area contributed by atoms with Gasteiger partial charge in [-0.3, -0.25) is 5.32 Å². The number of carbonyl (C=O) groups is 1. The lowest BCUT2D eigenvalue weighted by atomic mass is 10.1. The minimum atomic E-state index is -0.701. The molecule has 0 atom stereocenters. The van der Waals surface area contributed by atoms with Gasteiger partial charge in [-0.25, -0.2) is 13.6 Å². The van der Waals surface area contributed by atoms with Crippen LogP contribution in [0.5, 0.6) is 0 Å². The van der Waals surface area contributed by atoms with E-state index in [0.717, 1.165) is 18.2 Å². The van der Waals surface area contributed by atoms with Gasteiger partial charge in [0.2, 0.25) is 0 Å². The van der Waals surface area contributed by atoms with E-state index in [4.69, 9.17) is 4.74 Å². The van der Waals surface area contributed by atoms with Crippen molar-refractivity contribution in [2.75, 3.05) is 5.32 Å². The van der Waals surface area contributed by atoms with Gasteiger partial charge >= 0.3 is 6.09 Å². The van der Waals surface area contributed by atoms with Gasteiger partial charge < -0.3 is 4.74 Å². The van der Waals surface area contributed by atoms with Crippen LogP contribution in [0.1, 0.15) is 20.8 Å². The number of anilines is 1. The highest BCUT2D eigenvalue weighted by atomic mass is 19.1. The molecule has 2 rings (SSSR count). The minimum absolute atomic E-state index is 0.176. The molecule has 1 N–H and O–H groups in total. The van der Waals surface area contributed by atoms with Crippen molar-refractivity contribution in [3.8, 4) is 11.3 Å². The van der Waals surface area contributed by atoms with E-state index in [9.17, 15) is 13.6 Å². The third-order valence-corrected chi connectivity index (χ3v) is 2.45. The van der Waals surface area contributed by atoms with Crippen LogP contribution in [0.4, 0.5) is 19.4 Å². The summed E-state index contributed by atoms with van der Waals surface area (Å²) < 4.78 is 31.4. The zero-order valence-corrected chi connectivity index (χ0v) is 12.4. The normalized spacial score (nSPS) is 11.1. The van der Waals surface area contributed by atoms with E-state index in [2.05, 4.69) is 15.5 Å². The average Bonchev–Trinajstić information content (AvgIpc) is 2.36. The number of hydrogen-bond donors (Lipinski definition) is 1. The largest absolute Gasteiger partial charge is 0.444 e. The molecule has 1 amide bonds. The van der Waals surface area contributed by atoms with Crippen molar-refractivity contribution in [2.24, 2.45) is 0 Å². The summed E-state index contributed by atoms with van der Waals surface area (Å²) in [5.41, 5.74) is -0.0849. The second kappa shape index (κ2) is 6.05. The highest BCUT2D eigenvalue weighted by Crippen LogP contribution is 2.20. The molecule has 0 bridgehead atoms. The predicted octanol–water partition coefficient (Wildman–Crippen LogP) is 3.77. The average molecular weight is 307 g/mol. The molecule has 0 unspecified atom stereocenters. The Morgan fingerprint density at radius 2 is 1.73 bits per heavy atom. The Hall–Kier alpha value is -2.57. The standard InChI is InChI=1S/C15H15F2N3O2/c1-15(2,3)22-14(21)18-13-5-4-12(19-20-13)9-6-10(16)8-11(17)7-9/h4-8H,1-3H3,(H,18,20,21). The van der Waals surface area contributed by atoms with Gasteiger partial charge in [0.25, 0.3) is 0 Å². The van der Waals surface area contributed by atoms with E-state index < -0.39 is 23.3 Å². The SMILES string of the molecule is CC(C)(C)OC(=O)Nc1ccc(-c2cc(F)cc(F)c2)nn1. The zero-order valence-electron chi connectivity index (χ0n) is 12.4. The number of amides is 1. The molecule has 0 saturated carbocycles. The van der Waals surface area contributed by atoms with Crippen molar-refractivity contribution in [1.82, 2.24) is 10.2 Å². The number of ether oxygens (including phenoxy) is 1. The lowest BCUT2D eigenvalue weighted by Crippen LogP contribution is -2.27. The lowest BCUT2D eigenvalue weighted by molar-refractivity contribution is 0.0635. The molecule has 0 saturated heterocycles. The fraction of sp³-hybridized carbons (Fsp3) is 0.267. The number of hydrogen-bond acceptors (Lipinski definition) is 4. The number of rotatable bonds is 2. The van der Waals surface area contributed by atoms with Gasteiger partial charge in [-0.2, -0.15) is 0 Å². The first-order chi connectivity index (χ1) is 10.2. The fourth-order valence-corrected chi connectivity index (χ4v) is 1.66. The Morgan fingerprint density at radius 1 is 1.09 bits per heavy atom. The Labute approximate surface area is 126 Å². The van der Waals surface area contributed by atoms with Crippen molar-refractivity contribution in [3.05, 3.63) is 42.0 Å². The van der Waals surface area contributed by atoms with Crippen molar-refractivity contribution in [3.63, 3.8) is 0 Å². The van der Waals surface area contributed by atoms with E-state index in [1.54, 1.807) is 20.8 Å². The molecule has 0 radical (unpaired) electrons. The summed E-state index contributed by atoms with van der Waals surface area (Å²) in [4.78, 5) is 11.6. The molecule has 0 aliphatic carbocycles. The monoisotopic (exact) mass is 307 g/mol. The van der Waals surface area contributed by atoms with Crippen molar-refractivity contribution in [1.29, 1.82) is 0 Å². The highest BCUT2D eigenvalue weighted by molar-refractivity contribution is 5.83. The van der Waals surface area contributed by atoms with E-state index in [1.165, 1.54) is 12.1 Å². The molecule has 0 spiro atoms.